The van der Waals surface area contributed by atoms with Gasteiger partial charge in [0.1, 0.15) is 11.6 Å². The standard InChI is InChI=1S/C24H25F3N4O3S/c1-35(32,33)19-8-6-17(7-9-19)20-13-18-5-2-3-10-31(11-4-12-34-21(18)14-28-20)23-16-29-22(15-30-23)24(25,26)27/h6-9,13-16H,2-5,10-12H2,1H3. The Morgan fingerprint density at radius 2 is 1.69 bits per heavy atom. The predicted octanol–water partition coefficient (Wildman–Crippen LogP) is 4.57. The number of pyridine rings is 1. The molecule has 0 radical (unpaired) electrons. The van der Waals surface area contributed by atoms with E-state index in [-0.39, 0.29) is 4.90 Å². The molecule has 0 N–H and O–H groups in total. The zero-order valence-electron chi connectivity index (χ0n) is 19.1. The molecule has 3 heterocycles. The summed E-state index contributed by atoms with van der Waals surface area (Å²) in [6, 6.07) is 8.57. The van der Waals surface area contributed by atoms with E-state index in [1.807, 2.05) is 11.0 Å². The Labute approximate surface area is 201 Å². The fourth-order valence-corrected chi connectivity index (χ4v) is 4.50. The molecule has 1 aromatic carbocycles. The zero-order valence-corrected chi connectivity index (χ0v) is 19.9. The largest absolute Gasteiger partial charge is 0.492 e. The van der Waals surface area contributed by atoms with E-state index in [1.54, 1.807) is 30.5 Å². The average Bonchev–Trinajstić information content (AvgIpc) is 2.87. The molecule has 35 heavy (non-hydrogen) atoms. The Bertz CT molecular complexity index is 1260. The van der Waals surface area contributed by atoms with Crippen LogP contribution in [0.15, 0.2) is 53.8 Å². The van der Waals surface area contributed by atoms with Crippen molar-refractivity contribution in [1.82, 2.24) is 15.0 Å². The lowest BCUT2D eigenvalue weighted by molar-refractivity contribution is -0.141. The maximum Gasteiger partial charge on any atom is 0.434 e. The van der Waals surface area contributed by atoms with Crippen molar-refractivity contribution < 1.29 is 26.3 Å². The second-order valence-electron chi connectivity index (χ2n) is 8.38. The van der Waals surface area contributed by atoms with E-state index in [0.29, 0.717) is 37.7 Å². The van der Waals surface area contributed by atoms with E-state index in [9.17, 15) is 21.6 Å². The molecular formula is C24H25F3N4O3S. The van der Waals surface area contributed by atoms with Crippen LogP contribution in [0.2, 0.25) is 0 Å². The number of nitrogens with zero attached hydrogens (tertiary/aromatic N) is 4. The van der Waals surface area contributed by atoms with Crippen molar-refractivity contribution in [2.24, 2.45) is 0 Å². The smallest absolute Gasteiger partial charge is 0.434 e. The van der Waals surface area contributed by atoms with Crippen LogP contribution in [0, 0.1) is 0 Å². The number of rotatable bonds is 3. The first-order valence-electron chi connectivity index (χ1n) is 11.2. The third kappa shape index (κ3) is 6.27. The van der Waals surface area contributed by atoms with Crippen LogP contribution in [0.1, 0.15) is 30.5 Å². The Morgan fingerprint density at radius 1 is 0.943 bits per heavy atom. The molecule has 2 aromatic heterocycles. The summed E-state index contributed by atoms with van der Waals surface area (Å²) in [5.41, 5.74) is 1.53. The zero-order chi connectivity index (χ0) is 25.1. The predicted molar refractivity (Wildman–Crippen MR) is 125 cm³/mol. The van der Waals surface area contributed by atoms with Gasteiger partial charge >= 0.3 is 6.18 Å². The summed E-state index contributed by atoms with van der Waals surface area (Å²) in [6.07, 6.45) is 3.30. The van der Waals surface area contributed by atoms with Crippen molar-refractivity contribution in [2.75, 3.05) is 30.9 Å². The van der Waals surface area contributed by atoms with Gasteiger partial charge < -0.3 is 9.64 Å². The number of benzene rings is 1. The molecule has 186 valence electrons. The molecule has 1 aliphatic rings. The fourth-order valence-electron chi connectivity index (χ4n) is 3.87. The van der Waals surface area contributed by atoms with Gasteiger partial charge in [-0.2, -0.15) is 13.2 Å². The molecule has 0 fully saturated rings. The van der Waals surface area contributed by atoms with Crippen LogP contribution in [0.3, 0.4) is 0 Å². The van der Waals surface area contributed by atoms with Crippen LogP contribution < -0.4 is 9.64 Å². The molecule has 7 nitrogen and oxygen atoms in total. The molecule has 1 aliphatic heterocycles. The first-order chi connectivity index (χ1) is 16.6. The van der Waals surface area contributed by atoms with Crippen LogP contribution in [0.5, 0.6) is 5.75 Å². The first kappa shape index (κ1) is 24.9. The maximum atomic E-state index is 12.8. The molecule has 0 bridgehead atoms. The van der Waals surface area contributed by atoms with E-state index in [4.69, 9.17) is 4.74 Å². The summed E-state index contributed by atoms with van der Waals surface area (Å²) in [6.45, 7) is 1.63. The van der Waals surface area contributed by atoms with Crippen LogP contribution in [0.4, 0.5) is 19.0 Å². The SMILES string of the molecule is CS(=O)(=O)c1ccc(-c2cc3c(cn2)OCCCN(c2cnc(C(F)(F)F)cn2)CCCC3)cc1. The second-order valence-corrected chi connectivity index (χ2v) is 10.4. The molecule has 11 heteroatoms. The monoisotopic (exact) mass is 506 g/mol. The number of sulfone groups is 1. The molecule has 0 unspecified atom stereocenters. The van der Waals surface area contributed by atoms with Crippen molar-refractivity contribution in [3.05, 3.63) is 60.2 Å². The van der Waals surface area contributed by atoms with Gasteiger partial charge in [-0.3, -0.25) is 4.98 Å². The molecule has 0 atom stereocenters. The van der Waals surface area contributed by atoms with Crippen molar-refractivity contribution in [1.29, 1.82) is 0 Å². The van der Waals surface area contributed by atoms with Gasteiger partial charge in [-0.25, -0.2) is 18.4 Å². The number of halogens is 3. The van der Waals surface area contributed by atoms with Crippen molar-refractivity contribution >= 4 is 15.7 Å². The fraction of sp³-hybridized carbons (Fsp3) is 0.375. The highest BCUT2D eigenvalue weighted by atomic mass is 32.2. The molecule has 0 amide bonds. The molecule has 0 saturated heterocycles. The van der Waals surface area contributed by atoms with Gasteiger partial charge in [0.25, 0.3) is 0 Å². The topological polar surface area (TPSA) is 85.3 Å². The number of anilines is 1. The van der Waals surface area contributed by atoms with Gasteiger partial charge in [0.15, 0.2) is 15.5 Å². The van der Waals surface area contributed by atoms with Gasteiger partial charge in [-0.15, -0.1) is 0 Å². The molecular weight excluding hydrogens is 481 g/mol. The summed E-state index contributed by atoms with van der Waals surface area (Å²) < 4.78 is 67.8. The third-order valence-corrected chi connectivity index (χ3v) is 6.86. The van der Waals surface area contributed by atoms with E-state index in [2.05, 4.69) is 15.0 Å². The molecule has 0 saturated carbocycles. The van der Waals surface area contributed by atoms with Gasteiger partial charge in [-0.1, -0.05) is 12.1 Å². The minimum Gasteiger partial charge on any atom is -0.492 e. The Balaban J connectivity index is 1.47. The lowest BCUT2D eigenvalue weighted by Crippen LogP contribution is -2.28. The lowest BCUT2D eigenvalue weighted by atomic mass is 10.0. The minimum absolute atomic E-state index is 0.252. The minimum atomic E-state index is -4.52. The normalized spacial score (nSPS) is 15.6. The van der Waals surface area contributed by atoms with Gasteiger partial charge in [0, 0.05) is 24.9 Å². The Hall–Kier alpha value is -3.21. The van der Waals surface area contributed by atoms with E-state index in [0.717, 1.165) is 42.3 Å². The quantitative estimate of drug-likeness (QED) is 0.514. The van der Waals surface area contributed by atoms with Crippen LogP contribution in [0.25, 0.3) is 11.3 Å². The van der Waals surface area contributed by atoms with Gasteiger partial charge in [-0.05, 0) is 49.4 Å². The van der Waals surface area contributed by atoms with Crippen molar-refractivity contribution in [3.63, 3.8) is 0 Å². The molecule has 0 spiro atoms. The Kier molecular flexibility index (Phi) is 7.25. The van der Waals surface area contributed by atoms with Crippen LogP contribution >= 0.6 is 0 Å². The summed E-state index contributed by atoms with van der Waals surface area (Å²) in [7, 11) is -3.27. The number of fused-ring (bicyclic) bond motifs is 1. The highest BCUT2D eigenvalue weighted by Gasteiger charge is 2.33. The first-order valence-corrected chi connectivity index (χ1v) is 13.1. The van der Waals surface area contributed by atoms with E-state index >= 15 is 0 Å². The third-order valence-electron chi connectivity index (χ3n) is 5.73. The highest BCUT2D eigenvalue weighted by molar-refractivity contribution is 7.90. The number of aryl methyl sites for hydroxylation is 1. The van der Waals surface area contributed by atoms with E-state index < -0.39 is 21.7 Å². The number of hydrogen-bond donors (Lipinski definition) is 0. The number of hydrogen-bond acceptors (Lipinski definition) is 7. The number of aromatic nitrogens is 3. The van der Waals surface area contributed by atoms with Crippen molar-refractivity contribution in [3.8, 4) is 17.0 Å². The van der Waals surface area contributed by atoms with E-state index in [1.165, 1.54) is 12.5 Å². The Morgan fingerprint density at radius 3 is 2.34 bits per heavy atom. The summed E-state index contributed by atoms with van der Waals surface area (Å²) in [5, 5.41) is 0. The van der Waals surface area contributed by atoms with Gasteiger partial charge in [0.2, 0.25) is 0 Å². The second kappa shape index (κ2) is 10.2. The molecule has 0 aliphatic carbocycles. The van der Waals surface area contributed by atoms with Crippen molar-refractivity contribution in [2.45, 2.75) is 36.8 Å². The van der Waals surface area contributed by atoms with Crippen LogP contribution in [-0.2, 0) is 22.4 Å². The number of ether oxygens (including phenoxy) is 1. The summed E-state index contributed by atoms with van der Waals surface area (Å²) in [4.78, 5) is 14.2. The van der Waals surface area contributed by atoms with Crippen LogP contribution in [-0.4, -0.2) is 49.3 Å². The molecule has 3 aromatic rings. The summed E-state index contributed by atoms with van der Waals surface area (Å²) in [5.74, 6) is 1.11. The van der Waals surface area contributed by atoms with Gasteiger partial charge in [0.05, 0.1) is 35.8 Å². The molecule has 4 rings (SSSR count). The maximum absolute atomic E-state index is 12.8. The highest BCUT2D eigenvalue weighted by Crippen LogP contribution is 2.29. The summed E-state index contributed by atoms with van der Waals surface area (Å²) >= 11 is 0. The number of alkyl halides is 3. The average molecular weight is 507 g/mol. The lowest BCUT2D eigenvalue weighted by Gasteiger charge is -2.23.